The van der Waals surface area contributed by atoms with Crippen LogP contribution in [0.25, 0.3) is 11.0 Å². The molecule has 1 atom stereocenters. The van der Waals surface area contributed by atoms with Crippen LogP contribution in [0, 0.1) is 0 Å². The monoisotopic (exact) mass is 457 g/mol. The second-order valence-corrected chi connectivity index (χ2v) is 9.10. The summed E-state index contributed by atoms with van der Waals surface area (Å²) in [7, 11) is 0. The van der Waals surface area contributed by atoms with Gasteiger partial charge in [-0.2, -0.15) is 0 Å². The molecular weight excluding hydrogens is 434 g/mol. The minimum Gasteiger partial charge on any atom is -0.457 e. The number of likely N-dealkylation sites (tertiary alicyclic amines) is 1. The normalized spacial score (nSPS) is 17.0. The molecule has 2 aromatic carbocycles. The highest BCUT2D eigenvalue weighted by Crippen LogP contribution is 2.33. The predicted molar refractivity (Wildman–Crippen MR) is 115 cm³/mol. The van der Waals surface area contributed by atoms with E-state index in [0.29, 0.717) is 6.54 Å². The van der Waals surface area contributed by atoms with Crippen LogP contribution in [0.4, 0.5) is 4.79 Å². The first-order valence-corrected chi connectivity index (χ1v) is 10.5. The van der Waals surface area contributed by atoms with Crippen LogP contribution in [0.5, 0.6) is 11.5 Å². The second-order valence-electron chi connectivity index (χ2n) is 8.19. The Kier molecular flexibility index (Phi) is 5.25. The van der Waals surface area contributed by atoms with Crippen LogP contribution in [0.3, 0.4) is 0 Å². The van der Waals surface area contributed by atoms with Crippen molar-refractivity contribution < 1.29 is 14.3 Å². The number of rotatable bonds is 3. The van der Waals surface area contributed by atoms with Crippen molar-refractivity contribution in [3.05, 3.63) is 52.8 Å². The molecular formula is C22H24BrN3O3. The third-order valence-electron chi connectivity index (χ3n) is 4.72. The molecule has 0 radical (unpaired) electrons. The molecule has 0 saturated carbocycles. The van der Waals surface area contributed by atoms with E-state index >= 15 is 0 Å². The Labute approximate surface area is 178 Å². The van der Waals surface area contributed by atoms with Gasteiger partial charge < -0.3 is 14.5 Å². The van der Waals surface area contributed by atoms with Crippen LogP contribution in [0.1, 0.15) is 45.5 Å². The topological polar surface area (TPSA) is 67.4 Å². The number of imidazole rings is 1. The van der Waals surface area contributed by atoms with Crippen molar-refractivity contribution >= 4 is 33.1 Å². The molecule has 0 bridgehead atoms. The fourth-order valence-corrected chi connectivity index (χ4v) is 3.72. The molecule has 1 saturated heterocycles. The summed E-state index contributed by atoms with van der Waals surface area (Å²) in [6.45, 7) is 6.31. The zero-order valence-corrected chi connectivity index (χ0v) is 18.3. The maximum absolute atomic E-state index is 12.6. The molecule has 7 heteroatoms. The van der Waals surface area contributed by atoms with E-state index in [-0.39, 0.29) is 12.1 Å². The standard InChI is InChI=1S/C22H24BrN3O3/c1-22(2,3)29-21(27)26-12-4-5-19(26)20-24-17-11-10-16(13-18(17)25-20)28-15-8-6-14(23)7-9-15/h6-11,13,19H,4-5,12H2,1-3H3,(H,24,25)/t19-/m0/s1. The highest BCUT2D eigenvalue weighted by Gasteiger charge is 2.34. The van der Waals surface area contributed by atoms with Gasteiger partial charge in [-0.1, -0.05) is 15.9 Å². The third-order valence-corrected chi connectivity index (χ3v) is 5.25. The van der Waals surface area contributed by atoms with Gasteiger partial charge in [-0.15, -0.1) is 0 Å². The van der Waals surface area contributed by atoms with Gasteiger partial charge in [-0.3, -0.25) is 4.90 Å². The van der Waals surface area contributed by atoms with E-state index in [1.807, 2.05) is 63.2 Å². The number of aromatic amines is 1. The molecule has 1 amide bonds. The first-order valence-electron chi connectivity index (χ1n) is 9.71. The molecule has 1 aromatic heterocycles. The highest BCUT2D eigenvalue weighted by molar-refractivity contribution is 9.10. The second kappa shape index (κ2) is 7.71. The lowest BCUT2D eigenvalue weighted by Crippen LogP contribution is -2.36. The average molecular weight is 458 g/mol. The van der Waals surface area contributed by atoms with Gasteiger partial charge in [0.25, 0.3) is 0 Å². The van der Waals surface area contributed by atoms with Crippen molar-refractivity contribution in [3.8, 4) is 11.5 Å². The van der Waals surface area contributed by atoms with Crippen molar-refractivity contribution in [1.82, 2.24) is 14.9 Å². The Morgan fingerprint density at radius 1 is 1.17 bits per heavy atom. The summed E-state index contributed by atoms with van der Waals surface area (Å²) in [5, 5.41) is 0. The Bertz CT molecular complexity index is 1020. The number of halogens is 1. The smallest absolute Gasteiger partial charge is 0.410 e. The average Bonchev–Trinajstić information content (AvgIpc) is 3.28. The van der Waals surface area contributed by atoms with Crippen LogP contribution in [0.15, 0.2) is 46.9 Å². The molecule has 0 spiro atoms. The number of carbonyl (C=O) groups is 1. The zero-order chi connectivity index (χ0) is 20.6. The maximum Gasteiger partial charge on any atom is 0.410 e. The fraction of sp³-hybridized carbons (Fsp3) is 0.364. The molecule has 152 valence electrons. The number of nitrogens with zero attached hydrogens (tertiary/aromatic N) is 2. The molecule has 0 unspecified atom stereocenters. The van der Waals surface area contributed by atoms with E-state index in [4.69, 9.17) is 14.5 Å². The number of hydrogen-bond acceptors (Lipinski definition) is 4. The molecule has 1 aliphatic rings. The summed E-state index contributed by atoms with van der Waals surface area (Å²) < 4.78 is 12.5. The van der Waals surface area contributed by atoms with Crippen molar-refractivity contribution in [1.29, 1.82) is 0 Å². The first kappa shape index (κ1) is 19.8. The first-order chi connectivity index (χ1) is 13.8. The number of benzene rings is 2. The molecule has 4 rings (SSSR count). The van der Waals surface area contributed by atoms with Crippen molar-refractivity contribution in [3.63, 3.8) is 0 Å². The van der Waals surface area contributed by atoms with Gasteiger partial charge in [-0.05, 0) is 70.0 Å². The SMILES string of the molecule is CC(C)(C)OC(=O)N1CCC[C@H]1c1nc2ccc(Oc3ccc(Br)cc3)cc2[nH]1. The number of nitrogens with one attached hydrogen (secondary N) is 1. The Hall–Kier alpha value is -2.54. The molecule has 0 aliphatic carbocycles. The molecule has 3 aromatic rings. The molecule has 2 heterocycles. The van der Waals surface area contributed by atoms with Crippen LogP contribution >= 0.6 is 15.9 Å². The molecule has 1 N–H and O–H groups in total. The van der Waals surface area contributed by atoms with Gasteiger partial charge in [0.2, 0.25) is 0 Å². The molecule has 1 fully saturated rings. The minimum absolute atomic E-state index is 0.104. The lowest BCUT2D eigenvalue weighted by atomic mass is 10.2. The van der Waals surface area contributed by atoms with Gasteiger partial charge in [0, 0.05) is 17.1 Å². The van der Waals surface area contributed by atoms with Gasteiger partial charge >= 0.3 is 6.09 Å². The summed E-state index contributed by atoms with van der Waals surface area (Å²) in [5.74, 6) is 2.27. The number of aromatic nitrogens is 2. The van der Waals surface area contributed by atoms with Crippen molar-refractivity contribution in [2.45, 2.75) is 45.3 Å². The van der Waals surface area contributed by atoms with Crippen LogP contribution in [-0.2, 0) is 4.74 Å². The number of fused-ring (bicyclic) bond motifs is 1. The third kappa shape index (κ3) is 4.56. The van der Waals surface area contributed by atoms with Crippen LogP contribution in [0.2, 0.25) is 0 Å². The number of ether oxygens (including phenoxy) is 2. The van der Waals surface area contributed by atoms with Crippen LogP contribution in [-0.4, -0.2) is 33.1 Å². The summed E-state index contributed by atoms with van der Waals surface area (Å²) >= 11 is 3.42. The minimum atomic E-state index is -0.517. The van der Waals surface area contributed by atoms with Gasteiger partial charge in [0.15, 0.2) is 0 Å². The number of hydrogen-bond donors (Lipinski definition) is 1. The number of carbonyl (C=O) groups excluding carboxylic acids is 1. The molecule has 29 heavy (non-hydrogen) atoms. The highest BCUT2D eigenvalue weighted by atomic mass is 79.9. The fourth-order valence-electron chi connectivity index (χ4n) is 3.46. The van der Waals surface area contributed by atoms with Gasteiger partial charge in [0.1, 0.15) is 22.9 Å². The number of amides is 1. The Balaban J connectivity index is 1.55. The Morgan fingerprint density at radius 3 is 2.62 bits per heavy atom. The summed E-state index contributed by atoms with van der Waals surface area (Å²) in [6, 6.07) is 13.3. The van der Waals surface area contributed by atoms with E-state index in [9.17, 15) is 4.79 Å². The van der Waals surface area contributed by atoms with Crippen LogP contribution < -0.4 is 4.74 Å². The van der Waals surface area contributed by atoms with Gasteiger partial charge in [0.05, 0.1) is 17.1 Å². The van der Waals surface area contributed by atoms with E-state index in [2.05, 4.69) is 20.9 Å². The largest absolute Gasteiger partial charge is 0.457 e. The van der Waals surface area contributed by atoms with Gasteiger partial charge in [-0.25, -0.2) is 9.78 Å². The molecule has 6 nitrogen and oxygen atoms in total. The number of H-pyrrole nitrogens is 1. The van der Waals surface area contributed by atoms with E-state index < -0.39 is 5.60 Å². The molecule has 1 aliphatic heterocycles. The van der Waals surface area contributed by atoms with E-state index in [1.165, 1.54) is 0 Å². The Morgan fingerprint density at radius 2 is 1.90 bits per heavy atom. The lowest BCUT2D eigenvalue weighted by Gasteiger charge is -2.27. The quantitative estimate of drug-likeness (QED) is 0.508. The zero-order valence-electron chi connectivity index (χ0n) is 16.7. The predicted octanol–water partition coefficient (Wildman–Crippen LogP) is 6.19. The van der Waals surface area contributed by atoms with E-state index in [1.54, 1.807) is 4.90 Å². The van der Waals surface area contributed by atoms with Crippen molar-refractivity contribution in [2.75, 3.05) is 6.54 Å². The van der Waals surface area contributed by atoms with Crippen molar-refractivity contribution in [2.24, 2.45) is 0 Å². The summed E-state index contributed by atoms with van der Waals surface area (Å²) in [5.41, 5.74) is 1.21. The summed E-state index contributed by atoms with van der Waals surface area (Å²) in [4.78, 5) is 22.4. The summed E-state index contributed by atoms with van der Waals surface area (Å²) in [6.07, 6.45) is 1.50. The van der Waals surface area contributed by atoms with E-state index in [0.717, 1.165) is 45.7 Å². The lowest BCUT2D eigenvalue weighted by molar-refractivity contribution is 0.0219. The maximum atomic E-state index is 12.6.